The summed E-state index contributed by atoms with van der Waals surface area (Å²) in [6, 6.07) is -1.69. The van der Waals surface area contributed by atoms with Gasteiger partial charge in [0.15, 0.2) is 0 Å². The maximum atomic E-state index is 14.8. The normalized spacial score (nSPS) is 12.6. The van der Waals surface area contributed by atoms with Gasteiger partial charge in [-0.1, -0.05) is 0 Å². The number of carbonyl (C=O) groups is 4. The number of nitrogens with one attached hydrogen (secondary N) is 1. The Morgan fingerprint density at radius 3 is 1.75 bits per heavy atom. The highest BCUT2D eigenvalue weighted by atomic mass is 19.1. The minimum absolute atomic E-state index is 0.855. The fourth-order valence-electron chi connectivity index (χ4n) is 1.64. The smallest absolute Gasteiger partial charge is 0.408 e. The monoisotopic (exact) mass is 351 g/mol. The quantitative estimate of drug-likeness (QED) is 0.417. The van der Waals surface area contributed by atoms with Gasteiger partial charge in [0.1, 0.15) is 11.6 Å². The van der Waals surface area contributed by atoms with E-state index in [1.54, 1.807) is 20.8 Å². The molecule has 0 heterocycles. The maximum Gasteiger partial charge on any atom is 0.408 e. The van der Waals surface area contributed by atoms with E-state index in [-0.39, 0.29) is 0 Å². The van der Waals surface area contributed by atoms with Crippen molar-refractivity contribution in [3.05, 3.63) is 0 Å². The average Bonchev–Trinajstić information content (AvgIpc) is 2.49. The lowest BCUT2D eigenvalue weighted by molar-refractivity contribution is -0.173. The van der Waals surface area contributed by atoms with Crippen molar-refractivity contribution in [1.29, 1.82) is 0 Å². The number of esters is 3. The van der Waals surface area contributed by atoms with Crippen molar-refractivity contribution in [2.45, 2.75) is 44.5 Å². The van der Waals surface area contributed by atoms with E-state index in [9.17, 15) is 23.6 Å². The standard InChI is InChI=1S/C14H22FNO8/c1-13(2,3)24-12(20)16-8(9(17)21-4)7-14(15,10(18)22-5)11(19)23-6/h8H,7H2,1-6H3,(H,16,20). The van der Waals surface area contributed by atoms with Gasteiger partial charge < -0.3 is 24.3 Å². The predicted octanol–water partition coefficient (Wildman–Crippen LogP) is 0.497. The molecule has 10 heteroatoms. The van der Waals surface area contributed by atoms with Crippen LogP contribution in [0.5, 0.6) is 0 Å². The highest BCUT2D eigenvalue weighted by molar-refractivity contribution is 6.04. The van der Waals surface area contributed by atoms with Gasteiger partial charge in [0.25, 0.3) is 0 Å². The molecule has 0 radical (unpaired) electrons. The Balaban J connectivity index is 5.45. The van der Waals surface area contributed by atoms with Gasteiger partial charge in [-0.25, -0.2) is 23.6 Å². The first-order valence-electron chi connectivity index (χ1n) is 6.84. The summed E-state index contributed by atoms with van der Waals surface area (Å²) in [7, 11) is 2.70. The lowest BCUT2D eigenvalue weighted by Gasteiger charge is -2.26. The number of rotatable bonds is 6. The molecule has 0 saturated carbocycles. The zero-order valence-corrected chi connectivity index (χ0v) is 14.4. The molecule has 0 spiro atoms. The minimum atomic E-state index is -3.31. The number of alkyl halides is 1. The largest absolute Gasteiger partial charge is 0.467 e. The zero-order chi connectivity index (χ0) is 19.1. The third-order valence-corrected chi connectivity index (χ3v) is 2.68. The minimum Gasteiger partial charge on any atom is -0.467 e. The highest BCUT2D eigenvalue weighted by Gasteiger charge is 2.52. The number of ether oxygens (including phenoxy) is 4. The van der Waals surface area contributed by atoms with Crippen LogP contribution in [0.1, 0.15) is 27.2 Å². The summed E-state index contributed by atoms with van der Waals surface area (Å²) >= 11 is 0. The zero-order valence-electron chi connectivity index (χ0n) is 14.4. The Hall–Kier alpha value is -2.39. The van der Waals surface area contributed by atoms with Crippen molar-refractivity contribution < 1.29 is 42.5 Å². The molecule has 0 aromatic heterocycles. The molecule has 1 amide bonds. The first-order chi connectivity index (χ1) is 10.9. The van der Waals surface area contributed by atoms with Crippen molar-refractivity contribution in [3.63, 3.8) is 0 Å². The van der Waals surface area contributed by atoms with Gasteiger partial charge in [-0.15, -0.1) is 0 Å². The Morgan fingerprint density at radius 1 is 0.958 bits per heavy atom. The number of carbonyl (C=O) groups excluding carboxylic acids is 4. The second-order valence-corrected chi connectivity index (χ2v) is 5.71. The average molecular weight is 351 g/mol. The highest BCUT2D eigenvalue weighted by Crippen LogP contribution is 2.23. The molecule has 0 fully saturated rings. The Morgan fingerprint density at radius 2 is 1.42 bits per heavy atom. The molecule has 0 aliphatic heterocycles. The van der Waals surface area contributed by atoms with Gasteiger partial charge in [-0.2, -0.15) is 0 Å². The van der Waals surface area contributed by atoms with Crippen LogP contribution in [0, 0.1) is 0 Å². The van der Waals surface area contributed by atoms with Gasteiger partial charge in [0, 0.05) is 6.42 Å². The van der Waals surface area contributed by atoms with Crippen LogP contribution in [0.3, 0.4) is 0 Å². The number of hydrogen-bond acceptors (Lipinski definition) is 8. The van der Waals surface area contributed by atoms with Crippen LogP contribution in [0.2, 0.25) is 0 Å². The number of halogens is 1. The van der Waals surface area contributed by atoms with Crippen LogP contribution < -0.4 is 5.32 Å². The third kappa shape index (κ3) is 6.01. The van der Waals surface area contributed by atoms with Crippen LogP contribution in [-0.4, -0.2) is 62.6 Å². The van der Waals surface area contributed by atoms with Gasteiger partial charge in [-0.05, 0) is 20.8 Å². The van der Waals surface area contributed by atoms with Crippen LogP contribution in [0.25, 0.3) is 0 Å². The molecule has 1 unspecified atom stereocenters. The molecule has 24 heavy (non-hydrogen) atoms. The first-order valence-corrected chi connectivity index (χ1v) is 6.84. The van der Waals surface area contributed by atoms with Gasteiger partial charge in [0.05, 0.1) is 21.3 Å². The molecule has 0 bridgehead atoms. The number of amides is 1. The van der Waals surface area contributed by atoms with Crippen LogP contribution in [-0.2, 0) is 33.3 Å². The number of methoxy groups -OCH3 is 3. The summed E-state index contributed by atoms with van der Waals surface area (Å²) in [6.45, 7) is 4.71. The molecular formula is C14H22FNO8. The molecule has 0 rings (SSSR count). The third-order valence-electron chi connectivity index (χ3n) is 2.68. The van der Waals surface area contributed by atoms with Crippen molar-refractivity contribution in [2.75, 3.05) is 21.3 Å². The SMILES string of the molecule is COC(=O)C(CC(F)(C(=O)OC)C(=O)OC)NC(=O)OC(C)(C)C. The van der Waals surface area contributed by atoms with Crippen LogP contribution >= 0.6 is 0 Å². The summed E-state index contributed by atoms with van der Waals surface area (Å²) in [6.07, 6.45) is -2.15. The van der Waals surface area contributed by atoms with E-state index in [2.05, 4.69) is 14.2 Å². The fourth-order valence-corrected chi connectivity index (χ4v) is 1.64. The Labute approximate surface area is 138 Å². The second-order valence-electron chi connectivity index (χ2n) is 5.71. The van der Waals surface area contributed by atoms with Gasteiger partial charge in [0.2, 0.25) is 0 Å². The molecule has 1 N–H and O–H groups in total. The molecule has 0 aromatic rings. The van der Waals surface area contributed by atoms with E-state index in [1.165, 1.54) is 0 Å². The molecule has 9 nitrogen and oxygen atoms in total. The summed E-state index contributed by atoms with van der Waals surface area (Å²) < 4.78 is 32.6. The summed E-state index contributed by atoms with van der Waals surface area (Å²) in [5, 5.41) is 2.05. The maximum absolute atomic E-state index is 14.8. The lowest BCUT2D eigenvalue weighted by atomic mass is 9.96. The number of alkyl carbamates (subject to hydrolysis) is 1. The Kier molecular flexibility index (Phi) is 7.62. The molecule has 0 aliphatic rings. The fraction of sp³-hybridized carbons (Fsp3) is 0.714. The van der Waals surface area contributed by atoms with Crippen molar-refractivity contribution in [2.24, 2.45) is 0 Å². The molecule has 1 atom stereocenters. The van der Waals surface area contributed by atoms with Crippen molar-refractivity contribution in [3.8, 4) is 0 Å². The van der Waals surface area contributed by atoms with Crippen molar-refractivity contribution >= 4 is 24.0 Å². The topological polar surface area (TPSA) is 117 Å². The van der Waals surface area contributed by atoms with Crippen LogP contribution in [0.4, 0.5) is 9.18 Å². The van der Waals surface area contributed by atoms with Gasteiger partial charge >= 0.3 is 29.7 Å². The Bertz CT molecular complexity index is 483. The van der Waals surface area contributed by atoms with E-state index in [1.807, 2.05) is 5.32 Å². The van der Waals surface area contributed by atoms with E-state index in [0.29, 0.717) is 0 Å². The van der Waals surface area contributed by atoms with E-state index < -0.39 is 47.7 Å². The van der Waals surface area contributed by atoms with E-state index >= 15 is 0 Å². The summed E-state index contributed by atoms with van der Waals surface area (Å²) in [4.78, 5) is 46.7. The molecule has 0 aliphatic carbocycles. The van der Waals surface area contributed by atoms with E-state index in [4.69, 9.17) is 4.74 Å². The molecule has 0 saturated heterocycles. The summed E-state index contributed by atoms with van der Waals surface area (Å²) in [5.41, 5.74) is -4.19. The molecule has 138 valence electrons. The van der Waals surface area contributed by atoms with E-state index in [0.717, 1.165) is 21.3 Å². The first kappa shape index (κ1) is 21.6. The molecule has 0 aromatic carbocycles. The second kappa shape index (κ2) is 8.46. The van der Waals surface area contributed by atoms with Crippen molar-refractivity contribution in [1.82, 2.24) is 5.32 Å². The molecular weight excluding hydrogens is 329 g/mol. The van der Waals surface area contributed by atoms with Crippen LogP contribution in [0.15, 0.2) is 0 Å². The number of hydrogen-bond donors (Lipinski definition) is 1. The summed E-state index contributed by atoms with van der Waals surface area (Å²) in [5.74, 6) is -4.24. The lowest BCUT2D eigenvalue weighted by Crippen LogP contribution is -2.53. The predicted molar refractivity (Wildman–Crippen MR) is 77.7 cm³/mol. The van der Waals surface area contributed by atoms with Gasteiger partial charge in [-0.3, -0.25) is 0 Å².